The van der Waals surface area contributed by atoms with Crippen LogP contribution in [0.25, 0.3) is 0 Å². The second-order valence-corrected chi connectivity index (χ2v) is 8.02. The summed E-state index contributed by atoms with van der Waals surface area (Å²) >= 11 is 0. The van der Waals surface area contributed by atoms with E-state index in [0.29, 0.717) is 12.5 Å². The molecule has 134 valence electrons. The van der Waals surface area contributed by atoms with Crippen LogP contribution in [0, 0.1) is 24.7 Å². The minimum Gasteiger partial charge on any atom is -0.341 e. The quantitative estimate of drug-likeness (QED) is 0.831. The Labute approximate surface area is 146 Å². The van der Waals surface area contributed by atoms with E-state index in [-0.39, 0.29) is 5.91 Å². The van der Waals surface area contributed by atoms with Crippen molar-refractivity contribution in [3.8, 4) is 0 Å². The first-order chi connectivity index (χ1) is 11.5. The molecule has 0 N–H and O–H groups in total. The number of aryl methyl sites for hydroxylation is 1. The van der Waals surface area contributed by atoms with Gasteiger partial charge < -0.3 is 14.4 Å². The van der Waals surface area contributed by atoms with Gasteiger partial charge >= 0.3 is 0 Å². The maximum absolute atomic E-state index is 12.5. The van der Waals surface area contributed by atoms with Crippen molar-refractivity contribution < 1.29 is 4.79 Å². The van der Waals surface area contributed by atoms with Crippen molar-refractivity contribution in [2.45, 2.75) is 46.6 Å². The average molecular weight is 332 g/mol. The number of nitrogens with zero attached hydrogens (tertiary/aromatic N) is 4. The van der Waals surface area contributed by atoms with Crippen LogP contribution in [0.15, 0.2) is 12.4 Å². The Morgan fingerprint density at radius 3 is 2.54 bits per heavy atom. The van der Waals surface area contributed by atoms with Gasteiger partial charge in [-0.15, -0.1) is 0 Å². The molecule has 0 aliphatic carbocycles. The summed E-state index contributed by atoms with van der Waals surface area (Å²) in [5.74, 6) is 3.43. The Kier molecular flexibility index (Phi) is 5.59. The summed E-state index contributed by atoms with van der Waals surface area (Å²) in [6.45, 7) is 12.6. The second kappa shape index (κ2) is 7.68. The molecular formula is C19H32N4O. The fourth-order valence-electron chi connectivity index (χ4n) is 4.34. The molecule has 2 fully saturated rings. The van der Waals surface area contributed by atoms with Gasteiger partial charge in [-0.05, 0) is 57.0 Å². The average Bonchev–Trinajstić information content (AvgIpc) is 3.17. The summed E-state index contributed by atoms with van der Waals surface area (Å²) in [5.41, 5.74) is 0. The van der Waals surface area contributed by atoms with Crippen LogP contribution in [0.3, 0.4) is 0 Å². The lowest BCUT2D eigenvalue weighted by Gasteiger charge is -2.35. The van der Waals surface area contributed by atoms with Crippen LogP contribution in [0.2, 0.25) is 0 Å². The van der Waals surface area contributed by atoms with Crippen molar-refractivity contribution in [1.82, 2.24) is 19.4 Å². The van der Waals surface area contributed by atoms with E-state index in [9.17, 15) is 4.79 Å². The van der Waals surface area contributed by atoms with E-state index in [1.54, 1.807) is 6.20 Å². The van der Waals surface area contributed by atoms with Crippen molar-refractivity contribution in [2.24, 2.45) is 17.8 Å². The van der Waals surface area contributed by atoms with Crippen molar-refractivity contribution in [2.75, 3.05) is 32.7 Å². The van der Waals surface area contributed by atoms with Crippen LogP contribution < -0.4 is 0 Å². The molecule has 1 atom stereocenters. The fraction of sp³-hybridized carbons (Fsp3) is 0.789. The number of carbonyl (C=O) groups excluding carboxylic acids is 1. The molecule has 24 heavy (non-hydrogen) atoms. The molecule has 0 spiro atoms. The number of likely N-dealkylation sites (tertiary alicyclic amines) is 2. The molecule has 2 saturated heterocycles. The number of amides is 1. The van der Waals surface area contributed by atoms with Gasteiger partial charge in [0, 0.05) is 32.0 Å². The SMILES string of the molecule is Cc1nccn1CC(=O)N1CC[C@H](C2CCN(CC(C)C)CC2)C1. The van der Waals surface area contributed by atoms with E-state index in [1.165, 1.54) is 38.9 Å². The monoisotopic (exact) mass is 332 g/mol. The van der Waals surface area contributed by atoms with Gasteiger partial charge in [0.25, 0.3) is 0 Å². The number of imidazole rings is 1. The molecule has 0 unspecified atom stereocenters. The van der Waals surface area contributed by atoms with E-state index < -0.39 is 0 Å². The zero-order chi connectivity index (χ0) is 17.1. The first-order valence-corrected chi connectivity index (χ1v) is 9.50. The van der Waals surface area contributed by atoms with Gasteiger partial charge in [-0.1, -0.05) is 13.8 Å². The van der Waals surface area contributed by atoms with E-state index in [2.05, 4.69) is 28.6 Å². The summed E-state index contributed by atoms with van der Waals surface area (Å²) in [7, 11) is 0. The molecule has 3 rings (SSSR count). The highest BCUT2D eigenvalue weighted by Crippen LogP contribution is 2.32. The Morgan fingerprint density at radius 1 is 1.21 bits per heavy atom. The lowest BCUT2D eigenvalue weighted by atomic mass is 9.83. The van der Waals surface area contributed by atoms with E-state index in [4.69, 9.17) is 0 Å². The lowest BCUT2D eigenvalue weighted by Crippen LogP contribution is -2.39. The minimum absolute atomic E-state index is 0.246. The first kappa shape index (κ1) is 17.5. The smallest absolute Gasteiger partial charge is 0.242 e. The minimum atomic E-state index is 0.246. The highest BCUT2D eigenvalue weighted by Gasteiger charge is 2.33. The molecule has 5 heteroatoms. The zero-order valence-corrected chi connectivity index (χ0v) is 15.4. The van der Waals surface area contributed by atoms with Gasteiger partial charge in [-0.25, -0.2) is 4.98 Å². The van der Waals surface area contributed by atoms with Gasteiger partial charge in [-0.2, -0.15) is 0 Å². The van der Waals surface area contributed by atoms with Gasteiger partial charge in [-0.3, -0.25) is 4.79 Å². The van der Waals surface area contributed by atoms with Crippen molar-refractivity contribution >= 4 is 5.91 Å². The molecule has 1 aromatic rings. The van der Waals surface area contributed by atoms with E-state index in [1.807, 2.05) is 17.7 Å². The third kappa shape index (κ3) is 4.18. The van der Waals surface area contributed by atoms with Crippen LogP contribution in [0.4, 0.5) is 0 Å². The van der Waals surface area contributed by atoms with Crippen LogP contribution in [0.1, 0.15) is 38.9 Å². The summed E-state index contributed by atoms with van der Waals surface area (Å²) < 4.78 is 1.94. The van der Waals surface area contributed by atoms with Crippen LogP contribution in [-0.2, 0) is 11.3 Å². The molecule has 0 radical (unpaired) electrons. The topological polar surface area (TPSA) is 41.4 Å². The highest BCUT2D eigenvalue weighted by molar-refractivity contribution is 5.76. The van der Waals surface area contributed by atoms with Crippen LogP contribution >= 0.6 is 0 Å². The molecule has 2 aliphatic rings. The zero-order valence-electron chi connectivity index (χ0n) is 15.4. The van der Waals surface area contributed by atoms with Gasteiger partial charge in [0.15, 0.2) is 0 Å². The van der Waals surface area contributed by atoms with Gasteiger partial charge in [0.05, 0.1) is 0 Å². The van der Waals surface area contributed by atoms with Gasteiger partial charge in [0.1, 0.15) is 12.4 Å². The summed E-state index contributed by atoms with van der Waals surface area (Å²) in [4.78, 5) is 21.4. The predicted octanol–water partition coefficient (Wildman–Crippen LogP) is 2.41. The largest absolute Gasteiger partial charge is 0.341 e. The van der Waals surface area contributed by atoms with E-state index >= 15 is 0 Å². The third-order valence-corrected chi connectivity index (χ3v) is 5.73. The van der Waals surface area contributed by atoms with Gasteiger partial charge in [0.2, 0.25) is 5.91 Å². The second-order valence-electron chi connectivity index (χ2n) is 8.02. The number of piperidine rings is 1. The molecule has 1 aromatic heterocycles. The fourth-order valence-corrected chi connectivity index (χ4v) is 4.34. The van der Waals surface area contributed by atoms with Crippen molar-refractivity contribution in [1.29, 1.82) is 0 Å². The molecule has 0 saturated carbocycles. The maximum atomic E-state index is 12.5. The summed E-state index contributed by atoms with van der Waals surface area (Å²) in [6, 6.07) is 0. The Hall–Kier alpha value is -1.36. The Morgan fingerprint density at radius 2 is 1.92 bits per heavy atom. The highest BCUT2D eigenvalue weighted by atomic mass is 16.2. The van der Waals surface area contributed by atoms with Crippen molar-refractivity contribution in [3.63, 3.8) is 0 Å². The number of carbonyl (C=O) groups is 1. The Bertz CT molecular complexity index is 545. The molecule has 2 aliphatic heterocycles. The standard InChI is InChI=1S/C19H32N4O/c1-15(2)12-21-8-4-17(5-9-21)18-6-10-23(13-18)19(24)14-22-11-7-20-16(22)3/h7,11,15,17-18H,4-6,8-10,12-14H2,1-3H3/t18-/m0/s1. The number of aromatic nitrogens is 2. The normalized spacial score (nSPS) is 23.3. The van der Waals surface area contributed by atoms with Crippen molar-refractivity contribution in [3.05, 3.63) is 18.2 Å². The first-order valence-electron chi connectivity index (χ1n) is 9.50. The molecule has 0 aromatic carbocycles. The molecule has 0 bridgehead atoms. The predicted molar refractivity (Wildman–Crippen MR) is 95.7 cm³/mol. The Balaban J connectivity index is 1.46. The van der Waals surface area contributed by atoms with E-state index in [0.717, 1.165) is 30.7 Å². The number of rotatable bonds is 5. The molecule has 3 heterocycles. The third-order valence-electron chi connectivity index (χ3n) is 5.73. The van der Waals surface area contributed by atoms with Crippen LogP contribution in [-0.4, -0.2) is 58.0 Å². The van der Waals surface area contributed by atoms with Crippen LogP contribution in [0.5, 0.6) is 0 Å². The molecule has 5 nitrogen and oxygen atoms in total. The maximum Gasteiger partial charge on any atom is 0.242 e. The molecule has 1 amide bonds. The molecular weight excluding hydrogens is 300 g/mol. The summed E-state index contributed by atoms with van der Waals surface area (Å²) in [6.07, 6.45) is 7.45. The number of hydrogen-bond acceptors (Lipinski definition) is 3. The summed E-state index contributed by atoms with van der Waals surface area (Å²) in [5, 5.41) is 0. The lowest BCUT2D eigenvalue weighted by molar-refractivity contribution is -0.131. The number of hydrogen-bond donors (Lipinski definition) is 0.